The third kappa shape index (κ3) is 10.1. The highest BCUT2D eigenvalue weighted by Gasteiger charge is 2.35. The van der Waals surface area contributed by atoms with E-state index < -0.39 is 48.0 Å². The molecule has 49 heavy (non-hydrogen) atoms. The third-order valence-corrected chi connectivity index (χ3v) is 10.1. The van der Waals surface area contributed by atoms with E-state index in [1.54, 1.807) is 32.2 Å². The maximum Gasteiger partial charge on any atom is 0.337 e. The largest absolute Gasteiger partial charge is 0.461 e. The van der Waals surface area contributed by atoms with Crippen LogP contribution < -0.4 is 10.6 Å². The molecule has 1 fully saturated rings. The van der Waals surface area contributed by atoms with Gasteiger partial charge in [0.25, 0.3) is 0 Å². The van der Waals surface area contributed by atoms with Gasteiger partial charge in [-0.05, 0) is 60.4 Å². The molecule has 0 radical (unpaired) electrons. The van der Waals surface area contributed by atoms with Gasteiger partial charge < -0.3 is 25.5 Å². The van der Waals surface area contributed by atoms with E-state index in [2.05, 4.69) is 20.6 Å². The number of aliphatic hydroxyl groups is 1. The summed E-state index contributed by atoms with van der Waals surface area (Å²) in [7, 11) is 0. The Kier molecular flexibility index (Phi) is 12.7. The van der Waals surface area contributed by atoms with Crippen molar-refractivity contribution in [3.05, 3.63) is 88.6 Å². The number of ether oxygens (including phenoxy) is 1. The van der Waals surface area contributed by atoms with Crippen molar-refractivity contribution >= 4 is 45.7 Å². The Morgan fingerprint density at radius 3 is 2.45 bits per heavy atom. The number of nitrogens with one attached hydrogen (secondary N) is 3. The number of carbonyl (C=O) groups excluding carboxylic acids is 4. The molecule has 0 aliphatic heterocycles. The molecular weight excluding hydrogens is 641 g/mol. The first-order valence-electron chi connectivity index (χ1n) is 17.2. The van der Waals surface area contributed by atoms with Gasteiger partial charge in [0.2, 0.25) is 11.8 Å². The first-order chi connectivity index (χ1) is 23.7. The lowest BCUT2D eigenvalue weighted by Crippen LogP contribution is -2.56. The fraction of sp³-hybridized carbons (Fsp3) is 0.447. The van der Waals surface area contributed by atoms with Crippen LogP contribution in [-0.4, -0.2) is 62.9 Å². The number of rotatable bonds is 16. The molecule has 4 N–H and O–H groups in total. The molecule has 5 rings (SSSR count). The van der Waals surface area contributed by atoms with Crippen molar-refractivity contribution in [3.8, 4) is 0 Å². The zero-order valence-corrected chi connectivity index (χ0v) is 28.9. The monoisotopic (exact) mass is 686 g/mol. The van der Waals surface area contributed by atoms with Gasteiger partial charge in [0.15, 0.2) is 11.9 Å². The predicted octanol–water partition coefficient (Wildman–Crippen LogP) is 5.55. The van der Waals surface area contributed by atoms with Gasteiger partial charge in [-0.3, -0.25) is 14.4 Å². The second-order valence-electron chi connectivity index (χ2n) is 13.3. The molecule has 1 aliphatic rings. The molecule has 4 aromatic rings. The van der Waals surface area contributed by atoms with E-state index in [4.69, 9.17) is 4.74 Å². The van der Waals surface area contributed by atoms with Crippen LogP contribution in [0.4, 0.5) is 0 Å². The highest BCUT2D eigenvalue weighted by molar-refractivity contribution is 7.12. The van der Waals surface area contributed by atoms with Gasteiger partial charge in [-0.2, -0.15) is 0 Å². The van der Waals surface area contributed by atoms with Crippen LogP contribution in [0.5, 0.6) is 0 Å². The summed E-state index contributed by atoms with van der Waals surface area (Å²) >= 11 is 1.33. The topological polar surface area (TPSA) is 150 Å². The number of hydrogen-bond acceptors (Lipinski definition) is 8. The number of aromatic nitrogens is 2. The van der Waals surface area contributed by atoms with E-state index >= 15 is 0 Å². The fourth-order valence-corrected chi connectivity index (χ4v) is 7.34. The molecular formula is C38H46N4O6S. The normalized spacial score (nSPS) is 16.1. The summed E-state index contributed by atoms with van der Waals surface area (Å²) in [6.45, 7) is 3.40. The number of hydrogen-bond donors (Lipinski definition) is 4. The van der Waals surface area contributed by atoms with E-state index in [9.17, 15) is 24.3 Å². The number of Topliss-reactive ketones (excluding diaryl/α,β-unsaturated/α-hetero) is 1. The van der Waals surface area contributed by atoms with Crippen LogP contribution in [0.15, 0.2) is 72.5 Å². The molecule has 11 heteroatoms. The van der Waals surface area contributed by atoms with Crippen molar-refractivity contribution in [3.63, 3.8) is 0 Å². The highest BCUT2D eigenvalue weighted by atomic mass is 32.1. The molecule has 2 aromatic carbocycles. The molecule has 0 saturated heterocycles. The number of thiophene rings is 1. The van der Waals surface area contributed by atoms with Crippen molar-refractivity contribution in [2.24, 2.45) is 11.8 Å². The number of esters is 1. The van der Waals surface area contributed by atoms with E-state index in [0.29, 0.717) is 17.0 Å². The molecule has 0 bridgehead atoms. The van der Waals surface area contributed by atoms with Crippen molar-refractivity contribution in [2.75, 3.05) is 0 Å². The average Bonchev–Trinajstić information content (AvgIpc) is 3.83. The van der Waals surface area contributed by atoms with Crippen molar-refractivity contribution in [1.82, 2.24) is 20.6 Å². The Morgan fingerprint density at radius 1 is 0.959 bits per heavy atom. The summed E-state index contributed by atoms with van der Waals surface area (Å²) in [6, 6.07) is 15.4. The number of ketones is 1. The molecule has 2 amide bonds. The van der Waals surface area contributed by atoms with Crippen LogP contribution in [0.1, 0.15) is 79.7 Å². The van der Waals surface area contributed by atoms with Gasteiger partial charge in [-0.25, -0.2) is 9.78 Å². The molecule has 2 aromatic heterocycles. The minimum Gasteiger partial charge on any atom is -0.461 e. The fourth-order valence-electron chi connectivity index (χ4n) is 6.67. The highest BCUT2D eigenvalue weighted by Crippen LogP contribution is 2.29. The number of carbonyl (C=O) groups is 4. The van der Waals surface area contributed by atoms with E-state index in [1.165, 1.54) is 17.7 Å². The second-order valence-corrected chi connectivity index (χ2v) is 14.2. The maximum atomic E-state index is 14.2. The Bertz CT molecular complexity index is 1680. The average molecular weight is 687 g/mol. The van der Waals surface area contributed by atoms with Crippen molar-refractivity contribution < 1.29 is 29.0 Å². The number of aromatic amines is 1. The summed E-state index contributed by atoms with van der Waals surface area (Å²) in [4.78, 5) is 62.1. The molecule has 260 valence electrons. The summed E-state index contributed by atoms with van der Waals surface area (Å²) in [6.07, 6.45) is 6.93. The standard InChI is InChI=1S/C38H46N4O6S/c1-24(2)48-38(47)35(44)31(18-25-10-4-3-5-11-25)41-37(46)32(21-29-22-39-23-40-29)42-36(45)28(20-33(43)34-16-9-17-49-34)19-27-14-8-13-26-12-6-7-15-30(26)27/h6-9,12-17,22-25,28,31-32,35,44H,3-5,10-11,18-21H2,1-2H3,(H,39,40)(H,41,46)(H,42,45)/t28?,31-,32-,35?/m0/s1. The SMILES string of the molecule is CC(C)OC(=O)C(O)[C@H](CC1CCCCC1)NC(=O)[C@H](Cc1cnc[nH]1)NC(=O)C(CC(=O)c1cccs1)Cc1cccc2ccccc12. The number of H-pyrrole nitrogens is 1. The Morgan fingerprint density at radius 2 is 1.73 bits per heavy atom. The zero-order valence-electron chi connectivity index (χ0n) is 28.1. The molecule has 0 spiro atoms. The quantitative estimate of drug-likeness (QED) is 0.0892. The maximum absolute atomic E-state index is 14.2. The van der Waals surface area contributed by atoms with Gasteiger partial charge in [0.05, 0.1) is 23.4 Å². The van der Waals surface area contributed by atoms with Crippen LogP contribution in [0.3, 0.4) is 0 Å². The van der Waals surface area contributed by atoms with E-state index in [0.717, 1.165) is 48.4 Å². The van der Waals surface area contributed by atoms with Gasteiger partial charge in [-0.15, -0.1) is 11.3 Å². The molecule has 2 unspecified atom stereocenters. The lowest BCUT2D eigenvalue weighted by Gasteiger charge is -2.31. The Balaban J connectivity index is 1.40. The van der Waals surface area contributed by atoms with Crippen LogP contribution in [0.25, 0.3) is 10.8 Å². The number of nitrogens with zero attached hydrogens (tertiary/aromatic N) is 1. The molecule has 4 atom stereocenters. The van der Waals surface area contributed by atoms with E-state index in [-0.39, 0.29) is 31.0 Å². The van der Waals surface area contributed by atoms with Crippen LogP contribution >= 0.6 is 11.3 Å². The van der Waals surface area contributed by atoms with Crippen LogP contribution in [-0.2, 0) is 32.0 Å². The molecule has 10 nitrogen and oxygen atoms in total. The summed E-state index contributed by atoms with van der Waals surface area (Å²) < 4.78 is 5.31. The first kappa shape index (κ1) is 35.9. The Hall–Kier alpha value is -4.35. The summed E-state index contributed by atoms with van der Waals surface area (Å²) in [5.74, 6) is -2.48. The molecule has 1 aliphatic carbocycles. The summed E-state index contributed by atoms with van der Waals surface area (Å²) in [5.41, 5.74) is 1.54. The van der Waals surface area contributed by atoms with Crippen LogP contribution in [0.2, 0.25) is 0 Å². The first-order valence-corrected chi connectivity index (χ1v) is 18.1. The number of fused-ring (bicyclic) bond motifs is 1. The van der Waals surface area contributed by atoms with Gasteiger partial charge in [-0.1, -0.05) is 80.6 Å². The number of imidazole rings is 1. The molecule has 1 saturated carbocycles. The number of benzene rings is 2. The lowest BCUT2D eigenvalue weighted by atomic mass is 9.83. The van der Waals surface area contributed by atoms with Gasteiger partial charge >= 0.3 is 5.97 Å². The molecule has 2 heterocycles. The van der Waals surface area contributed by atoms with Gasteiger partial charge in [0.1, 0.15) is 6.04 Å². The van der Waals surface area contributed by atoms with E-state index in [1.807, 2.05) is 47.8 Å². The summed E-state index contributed by atoms with van der Waals surface area (Å²) in [5, 5.41) is 20.8. The minimum absolute atomic E-state index is 0.0436. The minimum atomic E-state index is -1.57. The Labute approximate surface area is 291 Å². The third-order valence-electron chi connectivity index (χ3n) is 9.17. The predicted molar refractivity (Wildman–Crippen MR) is 189 cm³/mol. The number of aliphatic hydroxyl groups excluding tert-OH is 1. The zero-order chi connectivity index (χ0) is 34.8. The smallest absolute Gasteiger partial charge is 0.337 e. The van der Waals surface area contributed by atoms with Crippen molar-refractivity contribution in [2.45, 2.75) is 95.9 Å². The number of amides is 2. The second kappa shape index (κ2) is 17.3. The lowest BCUT2D eigenvalue weighted by molar-refractivity contribution is -0.159. The van der Waals surface area contributed by atoms with Gasteiger partial charge in [0, 0.05) is 30.7 Å². The van der Waals surface area contributed by atoms with Crippen molar-refractivity contribution in [1.29, 1.82) is 0 Å². The van der Waals surface area contributed by atoms with Crippen LogP contribution in [0, 0.1) is 11.8 Å².